The summed E-state index contributed by atoms with van der Waals surface area (Å²) in [5.74, 6) is -0.0800. The van der Waals surface area contributed by atoms with Crippen LogP contribution in [-0.4, -0.2) is 54.2 Å². The minimum absolute atomic E-state index is 0.135. The minimum atomic E-state index is -3.49. The van der Waals surface area contributed by atoms with E-state index >= 15 is 0 Å². The van der Waals surface area contributed by atoms with Crippen LogP contribution in [0.4, 0.5) is 9.18 Å². The van der Waals surface area contributed by atoms with E-state index in [1.807, 2.05) is 32.0 Å². The lowest BCUT2D eigenvalue weighted by molar-refractivity contribution is -0.0172. The van der Waals surface area contributed by atoms with Crippen molar-refractivity contribution >= 4 is 15.9 Å². The molecule has 1 aromatic carbocycles. The van der Waals surface area contributed by atoms with E-state index in [1.54, 1.807) is 17.2 Å². The van der Waals surface area contributed by atoms with E-state index in [1.165, 1.54) is 12.1 Å². The number of ether oxygens (including phenoxy) is 2. The number of amides is 1. The minimum Gasteiger partial charge on any atom is -0.487 e. The summed E-state index contributed by atoms with van der Waals surface area (Å²) < 4.78 is 50.1. The first-order chi connectivity index (χ1) is 18.6. The lowest BCUT2D eigenvalue weighted by atomic mass is 9.83. The molecular formula is C29H32FN3O5S. The number of likely N-dealkylation sites (tertiary alicyclic amines) is 1. The summed E-state index contributed by atoms with van der Waals surface area (Å²) in [6, 6.07) is 12.2. The van der Waals surface area contributed by atoms with Gasteiger partial charge >= 0.3 is 6.09 Å². The Hall–Kier alpha value is -3.53. The number of halogens is 1. The van der Waals surface area contributed by atoms with Gasteiger partial charge in [0.15, 0.2) is 9.84 Å². The first-order valence-electron chi connectivity index (χ1n) is 13.1. The van der Waals surface area contributed by atoms with Gasteiger partial charge in [0.05, 0.1) is 35.2 Å². The van der Waals surface area contributed by atoms with Gasteiger partial charge in [-0.25, -0.2) is 17.6 Å². The molecular weight excluding hydrogens is 521 g/mol. The number of hydrogen-bond donors (Lipinski definition) is 0. The topological polar surface area (TPSA) is 98.7 Å². The first kappa shape index (κ1) is 27.1. The summed E-state index contributed by atoms with van der Waals surface area (Å²) in [5, 5.41) is 0. The molecule has 3 aromatic rings. The predicted molar refractivity (Wildman–Crippen MR) is 144 cm³/mol. The molecule has 1 saturated heterocycles. The highest BCUT2D eigenvalue weighted by molar-refractivity contribution is 7.89. The smallest absolute Gasteiger partial charge is 0.410 e. The molecule has 10 heteroatoms. The molecule has 0 unspecified atom stereocenters. The maximum Gasteiger partial charge on any atom is 0.410 e. The lowest BCUT2D eigenvalue weighted by Gasteiger charge is -2.44. The fourth-order valence-electron chi connectivity index (χ4n) is 5.11. The van der Waals surface area contributed by atoms with Gasteiger partial charge in [0, 0.05) is 37.7 Å². The number of fused-ring (bicyclic) bond motifs is 1. The summed E-state index contributed by atoms with van der Waals surface area (Å²) >= 11 is 0. The second kappa shape index (κ2) is 10.9. The van der Waals surface area contributed by atoms with Crippen LogP contribution < -0.4 is 4.74 Å². The zero-order chi connectivity index (χ0) is 27.6. The van der Waals surface area contributed by atoms with Crippen molar-refractivity contribution in [2.45, 2.75) is 62.7 Å². The number of rotatable bonds is 6. The molecule has 0 atom stereocenters. The van der Waals surface area contributed by atoms with Crippen molar-refractivity contribution in [3.05, 3.63) is 77.5 Å². The highest BCUT2D eigenvalue weighted by Crippen LogP contribution is 2.40. The van der Waals surface area contributed by atoms with Crippen molar-refractivity contribution in [3.8, 4) is 17.0 Å². The zero-order valence-electron chi connectivity index (χ0n) is 22.1. The average Bonchev–Trinajstić information content (AvgIpc) is 2.90. The van der Waals surface area contributed by atoms with Crippen molar-refractivity contribution < 1.29 is 27.1 Å². The van der Waals surface area contributed by atoms with Crippen molar-refractivity contribution in [3.63, 3.8) is 0 Å². The van der Waals surface area contributed by atoms with Gasteiger partial charge in [-0.15, -0.1) is 0 Å². The molecule has 2 aliphatic rings. The number of benzene rings is 1. The van der Waals surface area contributed by atoms with Crippen molar-refractivity contribution in [2.24, 2.45) is 0 Å². The van der Waals surface area contributed by atoms with Gasteiger partial charge in [-0.1, -0.05) is 6.07 Å². The van der Waals surface area contributed by atoms with Crippen LogP contribution in [0.3, 0.4) is 0 Å². The number of aromatic nitrogens is 2. The van der Waals surface area contributed by atoms with Gasteiger partial charge in [0.1, 0.15) is 17.2 Å². The molecule has 1 amide bonds. The second-order valence-electron chi connectivity index (χ2n) is 10.6. The summed E-state index contributed by atoms with van der Waals surface area (Å²) in [6.45, 7) is 4.93. The summed E-state index contributed by atoms with van der Waals surface area (Å²) in [4.78, 5) is 22.3. The van der Waals surface area contributed by atoms with Gasteiger partial charge in [-0.3, -0.25) is 9.97 Å². The Morgan fingerprint density at radius 2 is 1.85 bits per heavy atom. The van der Waals surface area contributed by atoms with E-state index in [2.05, 4.69) is 16.0 Å². The molecule has 0 bridgehead atoms. The normalized spacial score (nSPS) is 16.6. The van der Waals surface area contributed by atoms with Gasteiger partial charge in [-0.05, 0) is 74.2 Å². The van der Waals surface area contributed by atoms with Crippen LogP contribution in [0.5, 0.6) is 5.75 Å². The fourth-order valence-corrected chi connectivity index (χ4v) is 6.51. The molecule has 5 rings (SSSR count). The van der Waals surface area contributed by atoms with Crippen molar-refractivity contribution in [1.82, 2.24) is 14.9 Å². The number of carbonyl (C=O) groups is 1. The van der Waals surface area contributed by atoms with Crippen LogP contribution in [-0.2, 0) is 32.5 Å². The SMILES string of the molecule is CC(C)OC(=O)N1CCC2(CCc3cc(-c4ccc(CS(=O)(=O)Cc5ccc(F)cn5)cn4)ccc3O2)CC1. The van der Waals surface area contributed by atoms with Crippen LogP contribution in [0.2, 0.25) is 0 Å². The summed E-state index contributed by atoms with van der Waals surface area (Å²) in [5.41, 5.74) is 3.41. The van der Waals surface area contributed by atoms with Crippen molar-refractivity contribution in [1.29, 1.82) is 0 Å². The van der Waals surface area contributed by atoms with Gasteiger partial charge < -0.3 is 14.4 Å². The standard InChI is InChI=1S/C29H32FN3O5S/c1-20(2)37-28(34)33-13-11-29(12-14-33)10-9-23-15-22(4-8-27(23)38-29)26-7-3-21(16-32-26)18-39(35,36)19-25-6-5-24(30)17-31-25/h3-8,15-17,20H,9-14,18-19H2,1-2H3. The number of piperidine rings is 1. The van der Waals surface area contributed by atoms with Crippen LogP contribution in [0.25, 0.3) is 11.3 Å². The Morgan fingerprint density at radius 3 is 2.51 bits per heavy atom. The maximum atomic E-state index is 13.0. The van der Waals surface area contributed by atoms with E-state index in [0.717, 1.165) is 54.5 Å². The predicted octanol–water partition coefficient (Wildman–Crippen LogP) is 5.10. The molecule has 39 heavy (non-hydrogen) atoms. The highest BCUT2D eigenvalue weighted by atomic mass is 32.2. The van der Waals surface area contributed by atoms with E-state index in [9.17, 15) is 17.6 Å². The lowest BCUT2D eigenvalue weighted by Crippen LogP contribution is -2.51. The molecule has 1 fully saturated rings. The van der Waals surface area contributed by atoms with Crippen LogP contribution in [0.15, 0.2) is 54.9 Å². The molecule has 1 spiro atoms. The third-order valence-corrected chi connectivity index (χ3v) is 8.68. The molecule has 206 valence electrons. The van der Waals surface area contributed by atoms with Crippen LogP contribution in [0.1, 0.15) is 49.9 Å². The molecule has 0 aliphatic carbocycles. The molecule has 8 nitrogen and oxygen atoms in total. The third kappa shape index (κ3) is 6.55. The Balaban J connectivity index is 1.21. The van der Waals surface area contributed by atoms with E-state index in [-0.39, 0.29) is 29.3 Å². The van der Waals surface area contributed by atoms with E-state index < -0.39 is 15.7 Å². The third-order valence-electron chi connectivity index (χ3n) is 7.17. The summed E-state index contributed by atoms with van der Waals surface area (Å²) in [6.07, 6.45) is 5.48. The Bertz CT molecular complexity index is 1430. The van der Waals surface area contributed by atoms with E-state index in [4.69, 9.17) is 9.47 Å². The van der Waals surface area contributed by atoms with Gasteiger partial charge in [0.25, 0.3) is 0 Å². The van der Waals surface area contributed by atoms with Crippen molar-refractivity contribution in [2.75, 3.05) is 13.1 Å². The Labute approximate surface area is 228 Å². The zero-order valence-corrected chi connectivity index (χ0v) is 22.9. The highest BCUT2D eigenvalue weighted by Gasteiger charge is 2.41. The molecule has 2 aromatic heterocycles. The summed E-state index contributed by atoms with van der Waals surface area (Å²) in [7, 11) is -3.49. The van der Waals surface area contributed by atoms with Gasteiger partial charge in [-0.2, -0.15) is 0 Å². The first-order valence-corrected chi connectivity index (χ1v) is 15.0. The molecule has 4 heterocycles. The number of nitrogens with zero attached hydrogens (tertiary/aromatic N) is 3. The van der Waals surface area contributed by atoms with E-state index in [0.29, 0.717) is 24.3 Å². The Kier molecular flexibility index (Phi) is 7.57. The number of pyridine rings is 2. The largest absolute Gasteiger partial charge is 0.487 e. The monoisotopic (exact) mass is 553 g/mol. The average molecular weight is 554 g/mol. The number of hydrogen-bond acceptors (Lipinski definition) is 7. The molecule has 0 N–H and O–H groups in total. The molecule has 2 aliphatic heterocycles. The quantitative estimate of drug-likeness (QED) is 0.419. The maximum absolute atomic E-state index is 13.0. The second-order valence-corrected chi connectivity index (χ2v) is 12.6. The van der Waals surface area contributed by atoms with Gasteiger partial charge in [0.2, 0.25) is 0 Å². The fraction of sp³-hybridized carbons (Fsp3) is 0.414. The number of carbonyl (C=O) groups excluding carboxylic acids is 1. The number of aryl methyl sites for hydroxylation is 1. The molecule has 0 saturated carbocycles. The van der Waals surface area contributed by atoms with Crippen LogP contribution >= 0.6 is 0 Å². The Morgan fingerprint density at radius 1 is 1.05 bits per heavy atom. The number of sulfone groups is 1. The van der Waals surface area contributed by atoms with Crippen LogP contribution in [0, 0.1) is 5.82 Å². The molecule has 0 radical (unpaired) electrons.